The molecule has 1 saturated carbocycles. The van der Waals surface area contributed by atoms with Crippen LogP contribution >= 0.6 is 0 Å². The molecule has 4 nitrogen and oxygen atoms in total. The average molecular weight is 166 g/mol. The van der Waals surface area contributed by atoms with E-state index in [0.29, 0.717) is 0 Å². The van der Waals surface area contributed by atoms with Crippen LogP contribution in [0.3, 0.4) is 0 Å². The molecule has 0 unspecified atom stereocenters. The van der Waals surface area contributed by atoms with Crippen LogP contribution in [0.15, 0.2) is 6.33 Å². The molecule has 0 bridgehead atoms. The van der Waals surface area contributed by atoms with Gasteiger partial charge in [0.15, 0.2) is 0 Å². The Balaban J connectivity index is 2.08. The third-order valence-corrected chi connectivity index (χ3v) is 2.66. The number of aryl methyl sites for hydroxylation is 1. The van der Waals surface area contributed by atoms with Crippen LogP contribution in [0.1, 0.15) is 25.1 Å². The van der Waals surface area contributed by atoms with Gasteiger partial charge in [0.1, 0.15) is 12.2 Å². The Morgan fingerprint density at radius 2 is 2.42 bits per heavy atom. The molecular formula is C8H14N4. The SMILES string of the molecule is Cn1cnnc1CC1(N)CCC1. The van der Waals surface area contributed by atoms with E-state index in [1.807, 2.05) is 11.6 Å². The molecule has 0 saturated heterocycles. The van der Waals surface area contributed by atoms with Crippen molar-refractivity contribution in [1.29, 1.82) is 0 Å². The van der Waals surface area contributed by atoms with Crippen molar-refractivity contribution < 1.29 is 0 Å². The highest BCUT2D eigenvalue weighted by molar-refractivity contribution is 5.01. The van der Waals surface area contributed by atoms with Gasteiger partial charge < -0.3 is 10.3 Å². The van der Waals surface area contributed by atoms with Gasteiger partial charge in [-0.2, -0.15) is 0 Å². The van der Waals surface area contributed by atoms with Crippen molar-refractivity contribution >= 4 is 0 Å². The van der Waals surface area contributed by atoms with Crippen molar-refractivity contribution in [3.05, 3.63) is 12.2 Å². The van der Waals surface area contributed by atoms with Gasteiger partial charge in [-0.15, -0.1) is 10.2 Å². The Morgan fingerprint density at radius 3 is 2.83 bits per heavy atom. The molecule has 1 aromatic heterocycles. The minimum absolute atomic E-state index is 0.0147. The smallest absolute Gasteiger partial charge is 0.134 e. The van der Waals surface area contributed by atoms with Crippen molar-refractivity contribution in [2.75, 3.05) is 0 Å². The first kappa shape index (κ1) is 7.73. The fourth-order valence-electron chi connectivity index (χ4n) is 1.59. The van der Waals surface area contributed by atoms with E-state index >= 15 is 0 Å². The number of nitrogens with two attached hydrogens (primary N) is 1. The van der Waals surface area contributed by atoms with Gasteiger partial charge in [-0.25, -0.2) is 0 Å². The highest BCUT2D eigenvalue weighted by Gasteiger charge is 2.33. The zero-order valence-electron chi connectivity index (χ0n) is 7.32. The average Bonchev–Trinajstić information content (AvgIpc) is 2.34. The standard InChI is InChI=1S/C8H14N4/c1-12-6-10-11-7(12)5-8(9)3-2-4-8/h6H,2-5,9H2,1H3. The molecule has 4 heteroatoms. The first-order chi connectivity index (χ1) is 5.70. The summed E-state index contributed by atoms with van der Waals surface area (Å²) in [6, 6.07) is 0. The summed E-state index contributed by atoms with van der Waals surface area (Å²) in [4.78, 5) is 0. The molecule has 2 rings (SSSR count). The van der Waals surface area contributed by atoms with Crippen LogP contribution in [-0.4, -0.2) is 20.3 Å². The molecule has 12 heavy (non-hydrogen) atoms. The second kappa shape index (κ2) is 2.55. The maximum absolute atomic E-state index is 6.08. The molecule has 0 aliphatic heterocycles. The number of aromatic nitrogens is 3. The molecule has 0 amide bonds. The first-order valence-electron chi connectivity index (χ1n) is 4.31. The number of hydrogen-bond donors (Lipinski definition) is 1. The molecule has 2 N–H and O–H groups in total. The van der Waals surface area contributed by atoms with Gasteiger partial charge in [-0.1, -0.05) is 0 Å². The molecule has 0 spiro atoms. The molecule has 1 aliphatic rings. The van der Waals surface area contributed by atoms with E-state index in [-0.39, 0.29) is 5.54 Å². The summed E-state index contributed by atoms with van der Waals surface area (Å²) in [5, 5.41) is 7.84. The summed E-state index contributed by atoms with van der Waals surface area (Å²) in [7, 11) is 1.96. The maximum atomic E-state index is 6.08. The van der Waals surface area contributed by atoms with Crippen LogP contribution in [0.5, 0.6) is 0 Å². The van der Waals surface area contributed by atoms with Crippen LogP contribution in [0.25, 0.3) is 0 Å². The summed E-state index contributed by atoms with van der Waals surface area (Å²) in [6.45, 7) is 0. The number of rotatable bonds is 2. The van der Waals surface area contributed by atoms with Crippen molar-refractivity contribution in [3.8, 4) is 0 Å². The minimum atomic E-state index is 0.0147. The van der Waals surface area contributed by atoms with Crippen LogP contribution < -0.4 is 5.73 Å². The first-order valence-corrected chi connectivity index (χ1v) is 4.31. The Bertz CT molecular complexity index is 274. The number of hydrogen-bond acceptors (Lipinski definition) is 3. The minimum Gasteiger partial charge on any atom is -0.325 e. The van der Waals surface area contributed by atoms with Crippen LogP contribution in [0, 0.1) is 0 Å². The predicted octanol–water partition coefficient (Wildman–Crippen LogP) is 0.239. The molecule has 1 aromatic rings. The molecule has 1 fully saturated rings. The Kier molecular flexibility index (Phi) is 1.65. The topological polar surface area (TPSA) is 56.7 Å². The third-order valence-electron chi connectivity index (χ3n) is 2.66. The molecule has 0 atom stereocenters. The summed E-state index contributed by atoms with van der Waals surface area (Å²) in [5.41, 5.74) is 6.10. The van der Waals surface area contributed by atoms with Crippen molar-refractivity contribution in [1.82, 2.24) is 14.8 Å². The second-order valence-electron chi connectivity index (χ2n) is 3.75. The van der Waals surface area contributed by atoms with E-state index < -0.39 is 0 Å². The van der Waals surface area contributed by atoms with Gasteiger partial charge >= 0.3 is 0 Å². The van der Waals surface area contributed by atoms with Crippen molar-refractivity contribution in [2.24, 2.45) is 12.8 Å². The van der Waals surface area contributed by atoms with Gasteiger partial charge in [-0.05, 0) is 19.3 Å². The van der Waals surface area contributed by atoms with E-state index in [9.17, 15) is 0 Å². The van der Waals surface area contributed by atoms with Crippen LogP contribution in [0.2, 0.25) is 0 Å². The Hall–Kier alpha value is -0.900. The number of nitrogens with zero attached hydrogens (tertiary/aromatic N) is 3. The quantitative estimate of drug-likeness (QED) is 0.684. The van der Waals surface area contributed by atoms with Gasteiger partial charge in [0.05, 0.1) is 0 Å². The lowest BCUT2D eigenvalue weighted by Gasteiger charge is -2.37. The normalized spacial score (nSPS) is 20.5. The summed E-state index contributed by atoms with van der Waals surface area (Å²) >= 11 is 0. The zero-order chi connectivity index (χ0) is 8.60. The molecule has 66 valence electrons. The van der Waals surface area contributed by atoms with Gasteiger partial charge in [0.25, 0.3) is 0 Å². The lowest BCUT2D eigenvalue weighted by atomic mass is 9.75. The second-order valence-corrected chi connectivity index (χ2v) is 3.75. The Labute approximate surface area is 71.8 Å². The predicted molar refractivity (Wildman–Crippen MR) is 45.5 cm³/mol. The molecule has 0 aromatic carbocycles. The van der Waals surface area contributed by atoms with Crippen LogP contribution in [0.4, 0.5) is 0 Å². The molecular weight excluding hydrogens is 152 g/mol. The fourth-order valence-corrected chi connectivity index (χ4v) is 1.59. The largest absolute Gasteiger partial charge is 0.325 e. The lowest BCUT2D eigenvalue weighted by molar-refractivity contribution is 0.241. The summed E-state index contributed by atoms with van der Waals surface area (Å²) in [5.74, 6) is 0.997. The summed E-state index contributed by atoms with van der Waals surface area (Å²) < 4.78 is 1.94. The Morgan fingerprint density at radius 1 is 1.67 bits per heavy atom. The van der Waals surface area contributed by atoms with Gasteiger partial charge in [-0.3, -0.25) is 0 Å². The van der Waals surface area contributed by atoms with E-state index in [4.69, 9.17) is 5.73 Å². The molecule has 1 heterocycles. The van der Waals surface area contributed by atoms with E-state index in [0.717, 1.165) is 25.1 Å². The highest BCUT2D eigenvalue weighted by atomic mass is 15.2. The van der Waals surface area contributed by atoms with E-state index in [2.05, 4.69) is 10.2 Å². The summed E-state index contributed by atoms with van der Waals surface area (Å²) in [6.07, 6.45) is 6.09. The van der Waals surface area contributed by atoms with Crippen LogP contribution in [-0.2, 0) is 13.5 Å². The van der Waals surface area contributed by atoms with Gasteiger partial charge in [0, 0.05) is 19.0 Å². The third kappa shape index (κ3) is 1.22. The van der Waals surface area contributed by atoms with Gasteiger partial charge in [0.2, 0.25) is 0 Å². The van der Waals surface area contributed by atoms with Crippen molar-refractivity contribution in [2.45, 2.75) is 31.2 Å². The monoisotopic (exact) mass is 166 g/mol. The molecule has 0 radical (unpaired) electrons. The molecule has 1 aliphatic carbocycles. The maximum Gasteiger partial charge on any atom is 0.134 e. The van der Waals surface area contributed by atoms with Crippen molar-refractivity contribution in [3.63, 3.8) is 0 Å². The van der Waals surface area contributed by atoms with E-state index in [1.165, 1.54) is 6.42 Å². The fraction of sp³-hybridized carbons (Fsp3) is 0.750. The van der Waals surface area contributed by atoms with E-state index in [1.54, 1.807) is 6.33 Å². The lowest BCUT2D eigenvalue weighted by Crippen LogP contribution is -2.48. The highest BCUT2D eigenvalue weighted by Crippen LogP contribution is 2.31. The zero-order valence-corrected chi connectivity index (χ0v) is 7.32.